The van der Waals surface area contributed by atoms with Crippen LogP contribution < -0.4 is 4.72 Å². The molecule has 19 heavy (non-hydrogen) atoms. The molecular weight excluding hydrogens is 286 g/mol. The van der Waals surface area contributed by atoms with E-state index in [0.717, 1.165) is 5.69 Å². The first-order valence-corrected chi connectivity index (χ1v) is 7.62. The number of hydrogen-bond donors (Lipinski definition) is 1. The molecule has 0 spiro atoms. The molecule has 0 amide bonds. The van der Waals surface area contributed by atoms with Gasteiger partial charge in [-0.2, -0.15) is 5.10 Å². The highest BCUT2D eigenvalue weighted by molar-refractivity contribution is 7.89. The zero-order valence-electron chi connectivity index (χ0n) is 10.6. The van der Waals surface area contributed by atoms with Gasteiger partial charge in [0.2, 0.25) is 10.0 Å². The summed E-state index contributed by atoms with van der Waals surface area (Å²) in [4.78, 5) is 0.220. The van der Waals surface area contributed by atoms with Gasteiger partial charge < -0.3 is 0 Å². The standard InChI is InChI=1S/C12H14ClN3O2S/c1-3-14-19(17,18)11-6-4-10(5-7-11)16-12(13)8-9(2)15-16/h4-8,14H,3H2,1-2H3. The molecule has 0 radical (unpaired) electrons. The molecule has 102 valence electrons. The number of aromatic nitrogens is 2. The Balaban J connectivity index is 2.36. The maximum Gasteiger partial charge on any atom is 0.240 e. The molecule has 0 saturated heterocycles. The van der Waals surface area contributed by atoms with Gasteiger partial charge in [0.25, 0.3) is 0 Å². The minimum Gasteiger partial charge on any atom is -0.222 e. The van der Waals surface area contributed by atoms with E-state index in [0.29, 0.717) is 17.4 Å². The summed E-state index contributed by atoms with van der Waals surface area (Å²) in [6.45, 7) is 3.93. The first kappa shape index (κ1) is 14.0. The Morgan fingerprint density at radius 2 is 1.95 bits per heavy atom. The highest BCUT2D eigenvalue weighted by Gasteiger charge is 2.13. The summed E-state index contributed by atoms with van der Waals surface area (Å²) in [6.07, 6.45) is 0. The minimum atomic E-state index is -3.43. The summed E-state index contributed by atoms with van der Waals surface area (Å²) in [6, 6.07) is 8.14. The van der Waals surface area contributed by atoms with E-state index in [-0.39, 0.29) is 4.90 Å². The summed E-state index contributed by atoms with van der Waals surface area (Å²) in [5.74, 6) is 0. The van der Waals surface area contributed by atoms with Crippen LogP contribution in [0.25, 0.3) is 5.69 Å². The predicted molar refractivity (Wildman–Crippen MR) is 74.2 cm³/mol. The Morgan fingerprint density at radius 1 is 1.32 bits per heavy atom. The molecule has 2 aromatic rings. The van der Waals surface area contributed by atoms with E-state index >= 15 is 0 Å². The van der Waals surface area contributed by atoms with Crippen LogP contribution in [-0.4, -0.2) is 24.7 Å². The van der Waals surface area contributed by atoms with Crippen LogP contribution in [0.5, 0.6) is 0 Å². The van der Waals surface area contributed by atoms with Crippen LogP contribution >= 0.6 is 11.6 Å². The van der Waals surface area contributed by atoms with Crippen LogP contribution in [0, 0.1) is 6.92 Å². The predicted octanol–water partition coefficient (Wildman–Crippen LogP) is 2.13. The van der Waals surface area contributed by atoms with Crippen molar-refractivity contribution in [3.63, 3.8) is 0 Å². The van der Waals surface area contributed by atoms with Gasteiger partial charge >= 0.3 is 0 Å². The van der Waals surface area contributed by atoms with Crippen molar-refractivity contribution in [1.82, 2.24) is 14.5 Å². The van der Waals surface area contributed by atoms with Crippen molar-refractivity contribution >= 4 is 21.6 Å². The summed E-state index contributed by atoms with van der Waals surface area (Å²) >= 11 is 6.03. The van der Waals surface area contributed by atoms with Crippen molar-refractivity contribution in [3.05, 3.63) is 41.2 Å². The molecule has 1 aromatic heterocycles. The third-order valence-corrected chi connectivity index (χ3v) is 4.34. The highest BCUT2D eigenvalue weighted by Crippen LogP contribution is 2.18. The highest BCUT2D eigenvalue weighted by atomic mass is 35.5. The molecule has 0 aliphatic carbocycles. The van der Waals surface area contributed by atoms with Gasteiger partial charge in [0.05, 0.1) is 16.3 Å². The fourth-order valence-corrected chi connectivity index (χ4v) is 3.02. The van der Waals surface area contributed by atoms with Gasteiger partial charge in [0.1, 0.15) is 5.15 Å². The second kappa shape index (κ2) is 5.32. The maximum atomic E-state index is 11.8. The fraction of sp³-hybridized carbons (Fsp3) is 0.250. The van der Waals surface area contributed by atoms with Crippen LogP contribution in [0.15, 0.2) is 35.2 Å². The molecule has 5 nitrogen and oxygen atoms in total. The molecule has 0 fully saturated rings. The zero-order chi connectivity index (χ0) is 14.0. The van der Waals surface area contributed by atoms with Crippen LogP contribution in [0.2, 0.25) is 5.15 Å². The van der Waals surface area contributed by atoms with Crippen molar-refractivity contribution in [2.75, 3.05) is 6.54 Å². The Labute approximate surface area is 117 Å². The van der Waals surface area contributed by atoms with Gasteiger partial charge in [0.15, 0.2) is 0 Å². The SMILES string of the molecule is CCNS(=O)(=O)c1ccc(-n2nc(C)cc2Cl)cc1. The van der Waals surface area contributed by atoms with Gasteiger partial charge in [-0.3, -0.25) is 0 Å². The number of aryl methyl sites for hydroxylation is 1. The molecule has 0 bridgehead atoms. The van der Waals surface area contributed by atoms with Gasteiger partial charge in [-0.1, -0.05) is 18.5 Å². The van der Waals surface area contributed by atoms with E-state index in [9.17, 15) is 8.42 Å². The molecule has 1 heterocycles. The van der Waals surface area contributed by atoms with Crippen molar-refractivity contribution in [2.45, 2.75) is 18.7 Å². The van der Waals surface area contributed by atoms with Crippen molar-refractivity contribution in [1.29, 1.82) is 0 Å². The second-order valence-corrected chi connectivity index (χ2v) is 6.17. The summed E-state index contributed by atoms with van der Waals surface area (Å²) < 4.78 is 27.6. The van der Waals surface area contributed by atoms with Crippen LogP contribution in [0.4, 0.5) is 0 Å². The third-order valence-electron chi connectivity index (χ3n) is 2.51. The quantitative estimate of drug-likeness (QED) is 0.940. The summed E-state index contributed by atoms with van der Waals surface area (Å²) in [7, 11) is -3.43. The normalized spacial score (nSPS) is 11.7. The lowest BCUT2D eigenvalue weighted by molar-refractivity contribution is 0.584. The Bertz CT molecular complexity index is 678. The van der Waals surface area contributed by atoms with Gasteiger partial charge in [-0.05, 0) is 37.3 Å². The van der Waals surface area contributed by atoms with E-state index in [1.165, 1.54) is 12.1 Å². The summed E-state index contributed by atoms with van der Waals surface area (Å²) in [5, 5.41) is 4.71. The minimum absolute atomic E-state index is 0.220. The number of hydrogen-bond acceptors (Lipinski definition) is 3. The molecule has 0 saturated carbocycles. The first-order valence-electron chi connectivity index (χ1n) is 5.76. The Morgan fingerprint density at radius 3 is 2.42 bits per heavy atom. The van der Waals surface area contributed by atoms with Crippen molar-refractivity contribution < 1.29 is 8.42 Å². The number of nitrogens with one attached hydrogen (secondary N) is 1. The largest absolute Gasteiger partial charge is 0.240 e. The topological polar surface area (TPSA) is 64.0 Å². The third kappa shape index (κ3) is 2.97. The fourth-order valence-electron chi connectivity index (χ4n) is 1.69. The van der Waals surface area contributed by atoms with Gasteiger partial charge in [-0.25, -0.2) is 17.8 Å². The average molecular weight is 300 g/mol. The van der Waals surface area contributed by atoms with Gasteiger partial charge in [0, 0.05) is 6.54 Å². The second-order valence-electron chi connectivity index (χ2n) is 4.02. The number of nitrogens with zero attached hydrogens (tertiary/aromatic N) is 2. The molecule has 0 atom stereocenters. The van der Waals surface area contributed by atoms with E-state index in [2.05, 4.69) is 9.82 Å². The monoisotopic (exact) mass is 299 g/mol. The molecular formula is C12H14ClN3O2S. The Kier molecular flexibility index (Phi) is 3.93. The lowest BCUT2D eigenvalue weighted by Gasteiger charge is -2.06. The van der Waals surface area contributed by atoms with Crippen LogP contribution in [0.3, 0.4) is 0 Å². The van der Waals surface area contributed by atoms with Crippen LogP contribution in [-0.2, 0) is 10.0 Å². The smallest absolute Gasteiger partial charge is 0.222 e. The molecule has 1 N–H and O–H groups in total. The van der Waals surface area contributed by atoms with Gasteiger partial charge in [-0.15, -0.1) is 0 Å². The molecule has 0 unspecified atom stereocenters. The Hall–Kier alpha value is -1.37. The zero-order valence-corrected chi connectivity index (χ0v) is 12.2. The van der Waals surface area contributed by atoms with Crippen LogP contribution in [0.1, 0.15) is 12.6 Å². The number of benzene rings is 1. The average Bonchev–Trinajstić information content (AvgIpc) is 2.68. The van der Waals surface area contributed by atoms with E-state index in [1.54, 1.807) is 29.8 Å². The molecule has 1 aromatic carbocycles. The van der Waals surface area contributed by atoms with Crippen molar-refractivity contribution in [3.8, 4) is 5.69 Å². The lowest BCUT2D eigenvalue weighted by atomic mass is 10.3. The number of halogens is 1. The number of sulfonamides is 1. The molecule has 7 heteroatoms. The lowest BCUT2D eigenvalue weighted by Crippen LogP contribution is -2.23. The van der Waals surface area contributed by atoms with E-state index in [4.69, 9.17) is 11.6 Å². The summed E-state index contributed by atoms with van der Waals surface area (Å²) in [5.41, 5.74) is 1.52. The molecule has 0 aliphatic heterocycles. The van der Waals surface area contributed by atoms with Crippen molar-refractivity contribution in [2.24, 2.45) is 0 Å². The molecule has 0 aliphatic rings. The van der Waals surface area contributed by atoms with E-state index in [1.807, 2.05) is 6.92 Å². The number of rotatable bonds is 4. The first-order chi connectivity index (χ1) is 8.94. The maximum absolute atomic E-state index is 11.8. The van der Waals surface area contributed by atoms with E-state index < -0.39 is 10.0 Å². The molecule has 2 rings (SSSR count).